The number of nitrogens with zero attached hydrogens (tertiary/aromatic N) is 2. The van der Waals surface area contributed by atoms with Gasteiger partial charge in [-0.05, 0) is 44.0 Å². The van der Waals surface area contributed by atoms with Crippen molar-refractivity contribution < 1.29 is 27.5 Å². The van der Waals surface area contributed by atoms with Gasteiger partial charge in [0.25, 0.3) is 5.91 Å². The van der Waals surface area contributed by atoms with Crippen LogP contribution in [-0.2, 0) is 24.2 Å². The third-order valence-electron chi connectivity index (χ3n) is 4.40. The first kappa shape index (κ1) is 21.7. The summed E-state index contributed by atoms with van der Waals surface area (Å²) in [5.41, 5.74) is 0.470. The van der Waals surface area contributed by atoms with Crippen molar-refractivity contribution in [2.24, 2.45) is 0 Å². The topological polar surface area (TPSA) is 114 Å². The second kappa shape index (κ2) is 9.55. The first-order valence-corrected chi connectivity index (χ1v) is 10.9. The second-order valence-corrected chi connectivity index (χ2v) is 8.88. The van der Waals surface area contributed by atoms with Crippen LogP contribution in [0, 0.1) is 11.3 Å². The Bertz CT molecular complexity index is 844. The quantitative estimate of drug-likeness (QED) is 0.596. The average molecular weight is 408 g/mol. The number of esters is 1. The SMILES string of the molecule is CCCN(C(=O)COC(=O)[C@H](C)Oc1ccc(C#N)cc1)[C@@H]1CCS(=O)(=O)C1. The first-order chi connectivity index (χ1) is 13.3. The molecule has 1 heterocycles. The van der Waals surface area contributed by atoms with Crippen LogP contribution in [-0.4, -0.2) is 62.0 Å². The number of sulfone groups is 1. The van der Waals surface area contributed by atoms with Gasteiger partial charge in [-0.1, -0.05) is 6.92 Å². The van der Waals surface area contributed by atoms with E-state index < -0.39 is 34.4 Å². The highest BCUT2D eigenvalue weighted by atomic mass is 32.2. The van der Waals surface area contributed by atoms with Crippen molar-refractivity contribution in [3.05, 3.63) is 29.8 Å². The molecule has 28 heavy (non-hydrogen) atoms. The van der Waals surface area contributed by atoms with Crippen molar-refractivity contribution >= 4 is 21.7 Å². The van der Waals surface area contributed by atoms with Gasteiger partial charge in [0.05, 0.1) is 23.1 Å². The molecule has 9 heteroatoms. The number of hydrogen-bond donors (Lipinski definition) is 0. The van der Waals surface area contributed by atoms with Gasteiger partial charge in [-0.15, -0.1) is 0 Å². The predicted molar refractivity (Wildman–Crippen MR) is 101 cm³/mol. The van der Waals surface area contributed by atoms with E-state index in [-0.39, 0.29) is 17.5 Å². The Kier molecular flexibility index (Phi) is 7.40. The molecule has 0 N–H and O–H groups in total. The van der Waals surface area contributed by atoms with Crippen LogP contribution in [0.3, 0.4) is 0 Å². The largest absolute Gasteiger partial charge is 0.479 e. The van der Waals surface area contributed by atoms with Crippen molar-refractivity contribution in [3.8, 4) is 11.8 Å². The minimum absolute atomic E-state index is 0.0507. The van der Waals surface area contributed by atoms with Gasteiger partial charge >= 0.3 is 5.97 Å². The smallest absolute Gasteiger partial charge is 0.347 e. The molecule has 2 atom stereocenters. The van der Waals surface area contributed by atoms with Crippen LogP contribution in [0.2, 0.25) is 0 Å². The third-order valence-corrected chi connectivity index (χ3v) is 6.15. The number of ether oxygens (including phenoxy) is 2. The second-order valence-electron chi connectivity index (χ2n) is 6.65. The number of amides is 1. The van der Waals surface area contributed by atoms with Crippen LogP contribution >= 0.6 is 0 Å². The van der Waals surface area contributed by atoms with Crippen molar-refractivity contribution in [2.45, 2.75) is 38.8 Å². The summed E-state index contributed by atoms with van der Waals surface area (Å²) in [7, 11) is -3.12. The van der Waals surface area contributed by atoms with E-state index in [4.69, 9.17) is 14.7 Å². The molecule has 1 saturated heterocycles. The molecule has 0 unspecified atom stereocenters. The van der Waals surface area contributed by atoms with E-state index in [1.54, 1.807) is 24.3 Å². The minimum atomic E-state index is -3.12. The van der Waals surface area contributed by atoms with Gasteiger partial charge in [0, 0.05) is 12.6 Å². The van der Waals surface area contributed by atoms with Gasteiger partial charge in [-0.25, -0.2) is 13.2 Å². The fourth-order valence-electron chi connectivity index (χ4n) is 2.97. The molecule has 1 amide bonds. The maximum absolute atomic E-state index is 12.5. The van der Waals surface area contributed by atoms with Gasteiger partial charge in [0.1, 0.15) is 5.75 Å². The summed E-state index contributed by atoms with van der Waals surface area (Å²) < 4.78 is 33.9. The van der Waals surface area contributed by atoms with E-state index in [1.807, 2.05) is 13.0 Å². The van der Waals surface area contributed by atoms with Gasteiger partial charge in [0.2, 0.25) is 0 Å². The lowest BCUT2D eigenvalue weighted by molar-refractivity contribution is -0.158. The molecule has 0 saturated carbocycles. The van der Waals surface area contributed by atoms with E-state index in [1.165, 1.54) is 11.8 Å². The Morgan fingerprint density at radius 1 is 1.32 bits per heavy atom. The molecule has 0 aliphatic carbocycles. The van der Waals surface area contributed by atoms with Crippen LogP contribution in [0.15, 0.2) is 24.3 Å². The highest BCUT2D eigenvalue weighted by molar-refractivity contribution is 7.91. The Morgan fingerprint density at radius 2 is 2.00 bits per heavy atom. The number of nitriles is 1. The molecule has 0 bridgehead atoms. The maximum Gasteiger partial charge on any atom is 0.347 e. The summed E-state index contributed by atoms with van der Waals surface area (Å²) in [4.78, 5) is 26.1. The van der Waals surface area contributed by atoms with Gasteiger partial charge in [-0.2, -0.15) is 5.26 Å². The lowest BCUT2D eigenvalue weighted by atomic mass is 10.2. The van der Waals surface area contributed by atoms with Crippen molar-refractivity contribution in [3.63, 3.8) is 0 Å². The monoisotopic (exact) mass is 408 g/mol. The first-order valence-electron chi connectivity index (χ1n) is 9.09. The molecule has 1 aliphatic heterocycles. The molecule has 0 radical (unpaired) electrons. The maximum atomic E-state index is 12.5. The molecule has 1 aliphatic rings. The average Bonchev–Trinajstić information content (AvgIpc) is 3.03. The van der Waals surface area contributed by atoms with Crippen LogP contribution in [0.5, 0.6) is 5.75 Å². The molecule has 0 spiro atoms. The van der Waals surface area contributed by atoms with Gasteiger partial charge < -0.3 is 14.4 Å². The number of benzene rings is 1. The van der Waals surface area contributed by atoms with E-state index in [0.717, 1.165) is 0 Å². The van der Waals surface area contributed by atoms with Gasteiger partial charge in [-0.3, -0.25) is 4.79 Å². The molecule has 8 nitrogen and oxygen atoms in total. The molecular formula is C19H24N2O6S. The molecule has 1 fully saturated rings. The zero-order chi connectivity index (χ0) is 20.7. The zero-order valence-corrected chi connectivity index (χ0v) is 16.8. The fourth-order valence-corrected chi connectivity index (χ4v) is 4.70. The van der Waals surface area contributed by atoms with E-state index >= 15 is 0 Å². The number of hydrogen-bond acceptors (Lipinski definition) is 7. The summed E-state index contributed by atoms with van der Waals surface area (Å²) in [6.45, 7) is 3.34. The molecule has 152 valence electrons. The van der Waals surface area contributed by atoms with Crippen molar-refractivity contribution in [2.75, 3.05) is 24.7 Å². The molecule has 2 rings (SSSR count). The van der Waals surface area contributed by atoms with Crippen molar-refractivity contribution in [1.82, 2.24) is 4.90 Å². The Balaban J connectivity index is 1.88. The normalized spacial score (nSPS) is 18.7. The molecular weight excluding hydrogens is 384 g/mol. The predicted octanol–water partition coefficient (Wildman–Crippen LogP) is 1.29. The summed E-state index contributed by atoms with van der Waals surface area (Å²) >= 11 is 0. The number of carbonyl (C=O) groups excluding carboxylic acids is 2. The number of carbonyl (C=O) groups is 2. The Morgan fingerprint density at radius 3 is 2.54 bits per heavy atom. The van der Waals surface area contributed by atoms with Crippen LogP contribution < -0.4 is 4.74 Å². The lowest BCUT2D eigenvalue weighted by Gasteiger charge is -2.27. The highest BCUT2D eigenvalue weighted by Gasteiger charge is 2.34. The van der Waals surface area contributed by atoms with E-state index in [9.17, 15) is 18.0 Å². The minimum Gasteiger partial charge on any atom is -0.479 e. The zero-order valence-electron chi connectivity index (χ0n) is 16.0. The fraction of sp³-hybridized carbons (Fsp3) is 0.526. The summed E-state index contributed by atoms with van der Waals surface area (Å²) in [6, 6.07) is 7.88. The summed E-state index contributed by atoms with van der Waals surface area (Å²) in [5.74, 6) is -0.694. The Hall–Kier alpha value is -2.60. The number of rotatable bonds is 8. The van der Waals surface area contributed by atoms with Gasteiger partial charge in [0.15, 0.2) is 22.5 Å². The van der Waals surface area contributed by atoms with E-state index in [2.05, 4.69) is 0 Å². The van der Waals surface area contributed by atoms with E-state index in [0.29, 0.717) is 30.7 Å². The molecule has 1 aromatic carbocycles. The molecule has 1 aromatic rings. The van der Waals surface area contributed by atoms with Crippen molar-refractivity contribution in [1.29, 1.82) is 5.26 Å². The highest BCUT2D eigenvalue weighted by Crippen LogP contribution is 2.19. The third kappa shape index (κ3) is 5.96. The summed E-state index contributed by atoms with van der Waals surface area (Å²) in [6.07, 6.45) is 0.140. The van der Waals surface area contributed by atoms with Crippen LogP contribution in [0.1, 0.15) is 32.3 Å². The van der Waals surface area contributed by atoms with Crippen LogP contribution in [0.25, 0.3) is 0 Å². The molecule has 0 aromatic heterocycles. The standard InChI is InChI=1S/C19H24N2O6S/c1-3-9-21(16-8-10-28(24,25)13-16)18(22)12-26-19(23)14(2)27-17-6-4-15(11-20)5-7-17/h4-7,14,16H,3,8-10,12-13H2,1-2H3/t14-,16+/m0/s1. The lowest BCUT2D eigenvalue weighted by Crippen LogP contribution is -2.44. The Labute approximate surface area is 164 Å². The van der Waals surface area contributed by atoms with Crippen LogP contribution in [0.4, 0.5) is 0 Å². The summed E-state index contributed by atoms with van der Waals surface area (Å²) in [5, 5.41) is 8.78.